The fourth-order valence-electron chi connectivity index (χ4n) is 4.12. The van der Waals surface area contributed by atoms with Crippen LogP contribution in [0.3, 0.4) is 0 Å². The molecule has 0 bridgehead atoms. The summed E-state index contributed by atoms with van der Waals surface area (Å²) in [5.41, 5.74) is 2.87. The van der Waals surface area contributed by atoms with Crippen LogP contribution in [0.4, 0.5) is 4.39 Å². The molecule has 0 atom stereocenters. The van der Waals surface area contributed by atoms with Gasteiger partial charge in [-0.15, -0.1) is 0 Å². The first-order valence-electron chi connectivity index (χ1n) is 9.99. The van der Waals surface area contributed by atoms with Crippen molar-refractivity contribution in [1.29, 1.82) is 0 Å². The number of aromatic hydroxyl groups is 1. The molecule has 1 fully saturated rings. The smallest absolute Gasteiger partial charge is 0.202 e. The summed E-state index contributed by atoms with van der Waals surface area (Å²) in [6, 6.07) is 16.9. The van der Waals surface area contributed by atoms with Crippen LogP contribution < -0.4 is 0 Å². The number of aromatic nitrogens is 1. The number of halogens is 2. The second-order valence-corrected chi connectivity index (χ2v) is 8.46. The van der Waals surface area contributed by atoms with Crippen molar-refractivity contribution in [3.8, 4) is 17.0 Å². The molecule has 0 amide bonds. The summed E-state index contributed by atoms with van der Waals surface area (Å²) >= 11 is 6.50. The molecule has 1 heterocycles. The van der Waals surface area contributed by atoms with E-state index < -0.39 is 11.6 Å². The first kappa shape index (κ1) is 23.0. The molecule has 7 heteroatoms. The van der Waals surface area contributed by atoms with E-state index in [1.807, 2.05) is 24.3 Å². The van der Waals surface area contributed by atoms with Crippen LogP contribution in [0.25, 0.3) is 22.0 Å². The molecule has 0 unspecified atom stereocenters. The minimum Gasteiger partial charge on any atom is -0.494 e. The van der Waals surface area contributed by atoms with Crippen molar-refractivity contribution in [1.82, 2.24) is 4.98 Å². The fraction of sp³-hybridized carbons (Fsp3) is 0.160. The van der Waals surface area contributed by atoms with Crippen LogP contribution in [0, 0.1) is 5.82 Å². The third-order valence-electron chi connectivity index (χ3n) is 6.18. The third kappa shape index (κ3) is 3.78. The molecule has 0 aliphatic heterocycles. The van der Waals surface area contributed by atoms with Gasteiger partial charge in [0.05, 0.1) is 28.3 Å². The van der Waals surface area contributed by atoms with Gasteiger partial charge in [-0.3, -0.25) is 4.79 Å². The molecule has 3 N–H and O–H groups in total. The molecule has 1 aliphatic rings. The molecule has 5 rings (SSSR count). The number of hydrogen-bond donors (Lipinski definition) is 3. The summed E-state index contributed by atoms with van der Waals surface area (Å²) < 4.78 is 14.2. The number of ketones is 1. The van der Waals surface area contributed by atoms with E-state index in [9.17, 15) is 19.4 Å². The van der Waals surface area contributed by atoms with Crippen LogP contribution in [0.5, 0.6) is 5.88 Å². The van der Waals surface area contributed by atoms with E-state index >= 15 is 0 Å². The molecule has 0 spiro atoms. The molecule has 1 aromatic heterocycles. The standard InChI is InChI=1S/C25H19ClFNO3.Na/c26-19-12-21-18(22(24(31)28-21)23(30)16-3-1-2-4-20(16)27)11-17(19)14-5-7-15(8-6-14)25(13-29)9-10-25;/h1-8,11-12,28-29,31H,9-10,13H2;. The average molecular weight is 459 g/mol. The number of aliphatic hydroxyl groups excluding tert-OH is 1. The summed E-state index contributed by atoms with van der Waals surface area (Å²) in [5, 5.41) is 21.0. The van der Waals surface area contributed by atoms with Crippen LogP contribution in [0.2, 0.25) is 5.02 Å². The molecule has 1 saturated carbocycles. The number of rotatable bonds is 5. The van der Waals surface area contributed by atoms with E-state index in [1.165, 1.54) is 18.2 Å². The van der Waals surface area contributed by atoms with E-state index in [4.69, 9.17) is 11.6 Å². The van der Waals surface area contributed by atoms with Crippen molar-refractivity contribution in [2.24, 2.45) is 0 Å². The molecular weight excluding hydrogens is 440 g/mol. The summed E-state index contributed by atoms with van der Waals surface area (Å²) in [6.07, 6.45) is 1.94. The quantitative estimate of drug-likeness (QED) is 0.284. The number of carbonyl (C=O) groups is 1. The van der Waals surface area contributed by atoms with Crippen molar-refractivity contribution in [2.45, 2.75) is 18.3 Å². The maximum atomic E-state index is 14.2. The van der Waals surface area contributed by atoms with Gasteiger partial charge in [0.15, 0.2) is 0 Å². The van der Waals surface area contributed by atoms with Crippen LogP contribution in [-0.4, -0.2) is 57.1 Å². The van der Waals surface area contributed by atoms with Gasteiger partial charge in [-0.2, -0.15) is 0 Å². The van der Waals surface area contributed by atoms with E-state index in [1.54, 1.807) is 18.2 Å². The van der Waals surface area contributed by atoms with Crippen molar-refractivity contribution in [3.05, 3.63) is 88.2 Å². The number of aromatic amines is 1. The molecule has 3 aromatic carbocycles. The van der Waals surface area contributed by atoms with Crippen molar-refractivity contribution >= 4 is 57.8 Å². The Kier molecular flexibility index (Phi) is 6.23. The van der Waals surface area contributed by atoms with Gasteiger partial charge in [-0.05, 0) is 48.2 Å². The van der Waals surface area contributed by atoms with Gasteiger partial charge in [-0.25, -0.2) is 4.39 Å². The van der Waals surface area contributed by atoms with Gasteiger partial charge in [-0.1, -0.05) is 48.0 Å². The minimum absolute atomic E-state index is 0. The zero-order valence-electron chi connectivity index (χ0n) is 17.5. The fourth-order valence-corrected chi connectivity index (χ4v) is 4.40. The van der Waals surface area contributed by atoms with Gasteiger partial charge < -0.3 is 15.2 Å². The summed E-state index contributed by atoms with van der Waals surface area (Å²) in [4.78, 5) is 15.8. The maximum absolute atomic E-state index is 14.2. The number of hydrogen-bond acceptors (Lipinski definition) is 3. The molecule has 32 heavy (non-hydrogen) atoms. The molecule has 4 aromatic rings. The first-order valence-corrected chi connectivity index (χ1v) is 10.4. The number of fused-ring (bicyclic) bond motifs is 1. The van der Waals surface area contributed by atoms with Crippen molar-refractivity contribution < 1.29 is 19.4 Å². The van der Waals surface area contributed by atoms with E-state index in [2.05, 4.69) is 4.98 Å². The van der Waals surface area contributed by atoms with Gasteiger partial charge >= 0.3 is 0 Å². The van der Waals surface area contributed by atoms with Gasteiger partial charge in [0.25, 0.3) is 0 Å². The Morgan fingerprint density at radius 1 is 1.09 bits per heavy atom. The van der Waals surface area contributed by atoms with Crippen LogP contribution >= 0.6 is 11.6 Å². The first-order chi connectivity index (χ1) is 14.9. The molecule has 157 valence electrons. The average Bonchev–Trinajstić information content (AvgIpc) is 3.50. The van der Waals surface area contributed by atoms with Gasteiger partial charge in [0.1, 0.15) is 5.82 Å². The summed E-state index contributed by atoms with van der Waals surface area (Å²) in [5.74, 6) is -1.58. The SMILES string of the molecule is O=C(c1ccccc1F)c1c(O)[nH]c2cc(Cl)c(-c3ccc(C4(CO)CC4)cc3)cc12.[Na]. The number of aliphatic hydroxyl groups is 1. The molecule has 1 radical (unpaired) electrons. The van der Waals surface area contributed by atoms with Crippen LogP contribution in [-0.2, 0) is 5.41 Å². The largest absolute Gasteiger partial charge is 0.494 e. The molecule has 4 nitrogen and oxygen atoms in total. The Balaban J connectivity index is 0.00000245. The zero-order valence-corrected chi connectivity index (χ0v) is 20.2. The Morgan fingerprint density at radius 2 is 1.78 bits per heavy atom. The van der Waals surface area contributed by atoms with E-state index in [0.29, 0.717) is 21.5 Å². The topological polar surface area (TPSA) is 73.3 Å². The number of benzene rings is 3. The second-order valence-electron chi connectivity index (χ2n) is 8.05. The Morgan fingerprint density at radius 3 is 2.41 bits per heavy atom. The zero-order chi connectivity index (χ0) is 21.8. The summed E-state index contributed by atoms with van der Waals surface area (Å²) in [6.45, 7) is 0.128. The maximum Gasteiger partial charge on any atom is 0.202 e. The van der Waals surface area contributed by atoms with Crippen LogP contribution in [0.1, 0.15) is 34.3 Å². The van der Waals surface area contributed by atoms with Crippen molar-refractivity contribution in [3.63, 3.8) is 0 Å². The number of carbonyl (C=O) groups excluding carboxylic acids is 1. The van der Waals surface area contributed by atoms with Crippen molar-refractivity contribution in [2.75, 3.05) is 6.61 Å². The predicted octanol–water partition coefficient (Wildman–Crippen LogP) is 5.21. The number of nitrogens with one attached hydrogen (secondary N) is 1. The van der Waals surface area contributed by atoms with E-state index in [-0.39, 0.29) is 58.6 Å². The molecule has 1 aliphatic carbocycles. The minimum atomic E-state index is -0.649. The Bertz CT molecular complexity index is 1330. The predicted molar refractivity (Wildman–Crippen MR) is 124 cm³/mol. The van der Waals surface area contributed by atoms with Crippen LogP contribution in [0.15, 0.2) is 60.7 Å². The second kappa shape index (κ2) is 8.65. The molecular formula is C25H19ClFNNaO3. The normalized spacial score (nSPS) is 14.2. The van der Waals surface area contributed by atoms with Gasteiger partial charge in [0.2, 0.25) is 11.7 Å². The van der Waals surface area contributed by atoms with Gasteiger partial charge in [0, 0.05) is 45.9 Å². The van der Waals surface area contributed by atoms with E-state index in [0.717, 1.165) is 24.0 Å². The third-order valence-corrected chi connectivity index (χ3v) is 6.49. The Hall–Kier alpha value is -2.15. The number of H-pyrrole nitrogens is 1. The Labute approximate surface area is 211 Å². The molecule has 0 saturated heterocycles. The monoisotopic (exact) mass is 458 g/mol. The summed E-state index contributed by atoms with van der Waals surface area (Å²) in [7, 11) is 0.